The molecule has 0 saturated carbocycles. The zero-order valence-corrected chi connectivity index (χ0v) is 25.2. The van der Waals surface area contributed by atoms with Crippen LogP contribution >= 0.6 is 0 Å². The minimum Gasteiger partial charge on any atom is -2.00 e. The molecule has 0 aliphatic heterocycles. The Morgan fingerprint density at radius 1 is 0.267 bits per heavy atom. The third kappa shape index (κ3) is 152. The summed E-state index contributed by atoms with van der Waals surface area (Å²) in [5, 5.41) is 0. The van der Waals surface area contributed by atoms with Gasteiger partial charge in [0, 0.05) is 0 Å². The van der Waals surface area contributed by atoms with Crippen LogP contribution in [0.15, 0.2) is 0 Å². The standard InChI is InChI=1S/2Ce.9O.2Sr.2Zr/q2*+3;9*-2;2*+2;2*+4. The van der Waals surface area contributed by atoms with Crippen molar-refractivity contribution < 1.29 is 185 Å². The van der Waals surface area contributed by atoms with Gasteiger partial charge in [-0.15, -0.1) is 0 Å². The second-order valence-corrected chi connectivity index (χ2v) is 0. The summed E-state index contributed by atoms with van der Waals surface area (Å²) >= 11 is 0. The SMILES string of the molecule is [Ce+3].[Ce+3].[O-2].[O-2].[O-2].[O-2].[O-2].[O-2].[O-2].[O-2].[O-2].[Sr+2].[Sr+2].[Zr+4].[Zr+4]. The Bertz CT molecular complexity index is 24.1. The minimum absolute atomic E-state index is 0. The van der Waals surface area contributed by atoms with Crippen molar-refractivity contribution in [3.8, 4) is 0 Å². The van der Waals surface area contributed by atoms with Gasteiger partial charge in [-0.1, -0.05) is 0 Å². The van der Waals surface area contributed by atoms with Crippen LogP contribution in [0.25, 0.3) is 0 Å². The molecule has 0 saturated heterocycles. The van der Waals surface area contributed by atoms with E-state index in [0.29, 0.717) is 0 Å². The predicted molar refractivity (Wildman–Crippen MR) is 17.7 cm³/mol. The summed E-state index contributed by atoms with van der Waals surface area (Å²) in [7, 11) is 0. The zero-order valence-electron chi connectivity index (χ0n) is 7.09. The van der Waals surface area contributed by atoms with E-state index in [2.05, 4.69) is 0 Å². The molecule has 0 aliphatic carbocycles. The van der Waals surface area contributed by atoms with Crippen LogP contribution in [0.3, 0.4) is 0 Å². The van der Waals surface area contributed by atoms with Gasteiger partial charge in [0.1, 0.15) is 0 Å². The third-order valence-electron chi connectivity index (χ3n) is 0. The first-order valence-corrected chi connectivity index (χ1v) is 0. The van der Waals surface area contributed by atoms with Crippen molar-refractivity contribution >= 4 is 91.0 Å². The van der Waals surface area contributed by atoms with E-state index in [1.54, 1.807) is 0 Å². The molecule has 0 unspecified atom stereocenters. The Morgan fingerprint density at radius 3 is 0.267 bits per heavy atom. The molecular weight excluding hydrogens is 782 g/mol. The summed E-state index contributed by atoms with van der Waals surface area (Å²) in [5.74, 6) is 0. The van der Waals surface area contributed by atoms with Gasteiger partial charge in [-0.3, -0.25) is 0 Å². The smallest absolute Gasteiger partial charge is 2.00 e. The van der Waals surface area contributed by atoms with Crippen molar-refractivity contribution in [2.45, 2.75) is 0 Å². The van der Waals surface area contributed by atoms with Gasteiger partial charge in [-0.25, -0.2) is 0 Å². The van der Waals surface area contributed by atoms with Crippen molar-refractivity contribution in [2.24, 2.45) is 0 Å². The Hall–Kier alpha value is 7.12. The van der Waals surface area contributed by atoms with Crippen LogP contribution in [0.2, 0.25) is 0 Å². The first kappa shape index (κ1) is 195. The summed E-state index contributed by atoms with van der Waals surface area (Å²) in [4.78, 5) is 0. The average molecular weight is 782 g/mol. The summed E-state index contributed by atoms with van der Waals surface area (Å²) < 4.78 is 0. The van der Waals surface area contributed by atoms with Gasteiger partial charge in [0.2, 0.25) is 0 Å². The largest absolute Gasteiger partial charge is 4.00 e. The van der Waals surface area contributed by atoms with E-state index >= 15 is 0 Å². The molecule has 0 heterocycles. The molecule has 15 heteroatoms. The number of rotatable bonds is 0. The average Bonchev–Trinajstić information content (AvgIpc) is 0. The van der Waals surface area contributed by atoms with Gasteiger partial charge in [-0.05, 0) is 0 Å². The summed E-state index contributed by atoms with van der Waals surface area (Å²) in [6.07, 6.45) is 0. The molecule has 0 aliphatic rings. The van der Waals surface area contributed by atoms with E-state index in [9.17, 15) is 0 Å². The van der Waals surface area contributed by atoms with E-state index in [1.165, 1.54) is 0 Å². The van der Waals surface area contributed by atoms with Crippen LogP contribution in [-0.2, 0) is 102 Å². The Labute approximate surface area is 268 Å². The fourth-order valence-electron chi connectivity index (χ4n) is 0. The molecule has 0 N–H and O–H groups in total. The molecule has 0 aromatic heterocycles. The molecule has 2 radical (unpaired) electrons. The molecule has 0 bridgehead atoms. The van der Waals surface area contributed by atoms with E-state index in [4.69, 9.17) is 0 Å². The molecule has 0 rings (SSSR count). The normalized spacial score (nSPS) is 0. The maximum Gasteiger partial charge on any atom is 4.00 e. The predicted octanol–water partition coefficient (Wildman–Crippen LogP) is -1.84. The Balaban J connectivity index is 0. The number of hydrogen-bond donors (Lipinski definition) is 0. The fraction of sp³-hybridized carbons (Fsp3) is 0. The maximum absolute atomic E-state index is 0. The number of hydrogen-bond acceptors (Lipinski definition) is 0. The summed E-state index contributed by atoms with van der Waals surface area (Å²) in [6.45, 7) is 0. The third-order valence-corrected chi connectivity index (χ3v) is 0. The zero-order chi connectivity index (χ0) is 0. The minimum atomic E-state index is 0. The second-order valence-electron chi connectivity index (χ2n) is 0. The Morgan fingerprint density at radius 2 is 0.267 bits per heavy atom. The van der Waals surface area contributed by atoms with Crippen molar-refractivity contribution in [1.29, 1.82) is 0 Å². The first-order valence-electron chi connectivity index (χ1n) is 0. The van der Waals surface area contributed by atoms with E-state index < -0.39 is 0 Å². The van der Waals surface area contributed by atoms with E-state index in [0.717, 1.165) is 0 Å². The molecular formula is Ce2O9Sr2Zr2. The van der Waals surface area contributed by atoms with Crippen molar-refractivity contribution in [3.05, 3.63) is 0 Å². The van der Waals surface area contributed by atoms with Gasteiger partial charge < -0.3 is 49.3 Å². The molecule has 0 aromatic rings. The molecule has 9 nitrogen and oxygen atoms in total. The first-order chi connectivity index (χ1) is 0. The van der Waals surface area contributed by atoms with Crippen LogP contribution in [0.1, 0.15) is 0 Å². The monoisotopic (exact) mass is 779 g/mol. The maximum atomic E-state index is 0. The Kier molecular flexibility index (Phi) is 2190. The summed E-state index contributed by atoms with van der Waals surface area (Å²) in [5.41, 5.74) is 0. The van der Waals surface area contributed by atoms with Crippen molar-refractivity contribution in [3.63, 3.8) is 0 Å². The van der Waals surface area contributed by atoms with Crippen molar-refractivity contribution in [1.82, 2.24) is 0 Å². The van der Waals surface area contributed by atoms with Crippen LogP contribution < -0.4 is 0 Å². The molecule has 15 heavy (non-hydrogen) atoms. The topological polar surface area (TPSA) is 256 Å². The molecule has 0 fully saturated rings. The molecule has 0 atom stereocenters. The molecule has 74 valence electrons. The van der Waals surface area contributed by atoms with Gasteiger partial charge in [0.05, 0.1) is 0 Å². The second kappa shape index (κ2) is 169. The van der Waals surface area contributed by atoms with Crippen molar-refractivity contribution in [2.75, 3.05) is 0 Å². The van der Waals surface area contributed by atoms with E-state index in [-0.39, 0.29) is 276 Å². The van der Waals surface area contributed by atoms with Gasteiger partial charge in [0.15, 0.2) is 0 Å². The molecule has 0 aromatic carbocycles. The molecule has 0 spiro atoms. The van der Waals surface area contributed by atoms with E-state index in [1.807, 2.05) is 0 Å². The summed E-state index contributed by atoms with van der Waals surface area (Å²) in [6, 6.07) is 0. The molecule has 0 amide bonds. The van der Waals surface area contributed by atoms with Crippen LogP contribution in [-0.4, -0.2) is 91.0 Å². The van der Waals surface area contributed by atoms with Crippen LogP contribution in [0, 0.1) is 83.5 Å². The van der Waals surface area contributed by atoms with Gasteiger partial charge >= 0.3 is 227 Å². The fourth-order valence-corrected chi connectivity index (χ4v) is 0. The quantitative estimate of drug-likeness (QED) is 0.246. The van der Waals surface area contributed by atoms with Gasteiger partial charge in [-0.2, -0.15) is 0 Å². The van der Waals surface area contributed by atoms with Crippen LogP contribution in [0.5, 0.6) is 0 Å². The van der Waals surface area contributed by atoms with Gasteiger partial charge in [0.25, 0.3) is 0 Å². The van der Waals surface area contributed by atoms with Crippen LogP contribution in [0.4, 0.5) is 0 Å².